The van der Waals surface area contributed by atoms with E-state index in [1.54, 1.807) is 6.07 Å². The van der Waals surface area contributed by atoms with Crippen molar-refractivity contribution in [3.8, 4) is 6.07 Å². The van der Waals surface area contributed by atoms with Crippen molar-refractivity contribution in [2.45, 2.75) is 6.92 Å². The van der Waals surface area contributed by atoms with Crippen molar-refractivity contribution in [3.63, 3.8) is 0 Å². The van der Waals surface area contributed by atoms with Crippen LogP contribution in [0.5, 0.6) is 0 Å². The molecular weight excluding hydrogens is 278 g/mol. The molecule has 0 unspecified atom stereocenters. The molecule has 2 heterocycles. The van der Waals surface area contributed by atoms with Gasteiger partial charge in [0, 0.05) is 28.5 Å². The minimum Gasteiger partial charge on any atom is -0.383 e. The molecule has 0 atom stereocenters. The molecule has 4 N–H and O–H groups in total. The number of nitrogen functional groups attached to an aromatic ring is 1. The molecule has 2 aromatic heterocycles. The minimum absolute atomic E-state index is 0.0927. The SMILES string of the molecule is Cc1cc2cc(NC(=O)c3cc(C#N)cnc3N)ccc2[nH]1. The largest absolute Gasteiger partial charge is 0.383 e. The van der Waals surface area contributed by atoms with Gasteiger partial charge in [-0.1, -0.05) is 0 Å². The molecule has 0 saturated heterocycles. The fourth-order valence-electron chi connectivity index (χ4n) is 2.27. The number of amides is 1. The molecular formula is C16H13N5O. The van der Waals surface area contributed by atoms with Gasteiger partial charge in [-0.2, -0.15) is 5.26 Å². The van der Waals surface area contributed by atoms with Crippen LogP contribution in [0.15, 0.2) is 36.5 Å². The van der Waals surface area contributed by atoms with Crippen molar-refractivity contribution >= 4 is 28.3 Å². The summed E-state index contributed by atoms with van der Waals surface area (Å²) in [4.78, 5) is 19.4. The highest BCUT2D eigenvalue weighted by atomic mass is 16.1. The van der Waals surface area contributed by atoms with Crippen LogP contribution < -0.4 is 11.1 Å². The third kappa shape index (κ3) is 2.47. The maximum absolute atomic E-state index is 12.3. The summed E-state index contributed by atoms with van der Waals surface area (Å²) in [7, 11) is 0. The number of nitrogens with two attached hydrogens (primary N) is 1. The number of nitrogens with zero attached hydrogens (tertiary/aromatic N) is 2. The number of nitriles is 1. The van der Waals surface area contributed by atoms with Crippen molar-refractivity contribution in [3.05, 3.63) is 53.3 Å². The Balaban J connectivity index is 1.91. The normalized spacial score (nSPS) is 10.4. The van der Waals surface area contributed by atoms with Crippen LogP contribution in [-0.2, 0) is 0 Å². The number of benzene rings is 1. The average Bonchev–Trinajstić information content (AvgIpc) is 2.87. The van der Waals surface area contributed by atoms with Crippen LogP contribution in [0, 0.1) is 18.3 Å². The maximum Gasteiger partial charge on any atom is 0.259 e. The number of hydrogen-bond donors (Lipinski definition) is 3. The molecule has 6 heteroatoms. The Morgan fingerprint density at radius 2 is 2.18 bits per heavy atom. The van der Waals surface area contributed by atoms with Gasteiger partial charge in [-0.3, -0.25) is 4.79 Å². The number of anilines is 2. The number of carbonyl (C=O) groups excluding carboxylic acids is 1. The summed E-state index contributed by atoms with van der Waals surface area (Å²) < 4.78 is 0. The van der Waals surface area contributed by atoms with E-state index in [2.05, 4.69) is 15.3 Å². The quantitative estimate of drug-likeness (QED) is 0.674. The maximum atomic E-state index is 12.3. The molecule has 0 aliphatic carbocycles. The summed E-state index contributed by atoms with van der Waals surface area (Å²) in [6.45, 7) is 1.97. The number of carbonyl (C=O) groups is 1. The zero-order valence-electron chi connectivity index (χ0n) is 11.8. The van der Waals surface area contributed by atoms with Gasteiger partial charge in [0.25, 0.3) is 5.91 Å². The van der Waals surface area contributed by atoms with Crippen molar-refractivity contribution in [2.75, 3.05) is 11.1 Å². The predicted molar refractivity (Wildman–Crippen MR) is 84.4 cm³/mol. The highest BCUT2D eigenvalue weighted by Gasteiger charge is 2.12. The van der Waals surface area contributed by atoms with Gasteiger partial charge in [-0.25, -0.2) is 4.98 Å². The summed E-state index contributed by atoms with van der Waals surface area (Å²) in [6.07, 6.45) is 1.33. The molecule has 0 spiro atoms. The fraction of sp³-hybridized carbons (Fsp3) is 0.0625. The molecule has 1 aromatic carbocycles. The van der Waals surface area contributed by atoms with Crippen molar-refractivity contribution in [1.82, 2.24) is 9.97 Å². The predicted octanol–water partition coefficient (Wildman–Crippen LogP) is 2.58. The second-order valence-electron chi connectivity index (χ2n) is 4.98. The third-order valence-electron chi connectivity index (χ3n) is 3.31. The van der Waals surface area contributed by atoms with Gasteiger partial charge in [0.05, 0.1) is 11.1 Å². The summed E-state index contributed by atoms with van der Waals surface area (Å²) in [5.74, 6) is -0.302. The molecule has 3 aromatic rings. The second kappa shape index (κ2) is 5.22. The Bertz CT molecular complexity index is 920. The smallest absolute Gasteiger partial charge is 0.259 e. The van der Waals surface area contributed by atoms with Crippen molar-refractivity contribution in [2.24, 2.45) is 0 Å². The molecule has 0 saturated carbocycles. The number of aromatic nitrogens is 2. The number of aromatic amines is 1. The van der Waals surface area contributed by atoms with Crippen LogP contribution in [0.4, 0.5) is 11.5 Å². The molecule has 6 nitrogen and oxygen atoms in total. The molecule has 22 heavy (non-hydrogen) atoms. The number of fused-ring (bicyclic) bond motifs is 1. The molecule has 0 aliphatic rings. The van der Waals surface area contributed by atoms with E-state index in [1.165, 1.54) is 12.3 Å². The third-order valence-corrected chi connectivity index (χ3v) is 3.31. The van der Waals surface area contributed by atoms with Crippen LogP contribution in [0.3, 0.4) is 0 Å². The number of aryl methyl sites for hydroxylation is 1. The summed E-state index contributed by atoms with van der Waals surface area (Å²) >= 11 is 0. The van der Waals surface area contributed by atoms with E-state index in [0.717, 1.165) is 16.6 Å². The molecule has 0 radical (unpaired) electrons. The molecule has 108 valence electrons. The van der Waals surface area contributed by atoms with Crippen LogP contribution in [0.2, 0.25) is 0 Å². The summed E-state index contributed by atoms with van der Waals surface area (Å²) in [5.41, 5.74) is 8.88. The lowest BCUT2D eigenvalue weighted by atomic mass is 10.1. The summed E-state index contributed by atoms with van der Waals surface area (Å²) in [5, 5.41) is 12.7. The van der Waals surface area contributed by atoms with Gasteiger partial charge in [-0.05, 0) is 37.3 Å². The van der Waals surface area contributed by atoms with Gasteiger partial charge in [-0.15, -0.1) is 0 Å². The van der Waals surface area contributed by atoms with E-state index in [9.17, 15) is 4.79 Å². The highest BCUT2D eigenvalue weighted by molar-refractivity contribution is 6.08. The average molecular weight is 291 g/mol. The van der Waals surface area contributed by atoms with E-state index in [1.807, 2.05) is 31.2 Å². The van der Waals surface area contributed by atoms with E-state index < -0.39 is 5.91 Å². The molecule has 0 fully saturated rings. The molecule has 0 aliphatic heterocycles. The zero-order valence-corrected chi connectivity index (χ0v) is 11.8. The van der Waals surface area contributed by atoms with Gasteiger partial charge in [0.15, 0.2) is 0 Å². The van der Waals surface area contributed by atoms with Crippen molar-refractivity contribution < 1.29 is 4.79 Å². The Kier molecular flexibility index (Phi) is 3.24. The highest BCUT2D eigenvalue weighted by Crippen LogP contribution is 2.21. The molecule has 3 rings (SSSR count). The summed E-state index contributed by atoms with van der Waals surface area (Å²) in [6, 6.07) is 10.9. The lowest BCUT2D eigenvalue weighted by Gasteiger charge is -2.07. The van der Waals surface area contributed by atoms with Gasteiger partial charge >= 0.3 is 0 Å². The number of H-pyrrole nitrogens is 1. The van der Waals surface area contributed by atoms with Crippen LogP contribution in [0.1, 0.15) is 21.6 Å². The van der Waals surface area contributed by atoms with Crippen LogP contribution in [-0.4, -0.2) is 15.9 Å². The lowest BCUT2D eigenvalue weighted by Crippen LogP contribution is -2.15. The Morgan fingerprint density at radius 3 is 2.95 bits per heavy atom. The molecule has 0 bridgehead atoms. The Labute approximate surface area is 126 Å². The van der Waals surface area contributed by atoms with Gasteiger partial charge in [0.2, 0.25) is 0 Å². The number of hydrogen-bond acceptors (Lipinski definition) is 4. The lowest BCUT2D eigenvalue weighted by molar-refractivity contribution is 0.102. The first-order valence-corrected chi connectivity index (χ1v) is 6.63. The molecule has 1 amide bonds. The van der Waals surface area contributed by atoms with Crippen LogP contribution >= 0.6 is 0 Å². The van der Waals surface area contributed by atoms with Gasteiger partial charge in [0.1, 0.15) is 11.9 Å². The Hall–Kier alpha value is -3.33. The van der Waals surface area contributed by atoms with Crippen molar-refractivity contribution in [1.29, 1.82) is 5.26 Å². The zero-order chi connectivity index (χ0) is 15.7. The van der Waals surface area contributed by atoms with Gasteiger partial charge < -0.3 is 16.0 Å². The van der Waals surface area contributed by atoms with E-state index in [4.69, 9.17) is 11.0 Å². The van der Waals surface area contributed by atoms with Crippen LogP contribution in [0.25, 0.3) is 10.9 Å². The first-order chi connectivity index (χ1) is 10.6. The standard InChI is InChI=1S/C16H13N5O/c1-9-4-11-6-12(2-3-14(11)20-9)21-16(22)13-5-10(7-17)8-19-15(13)18/h2-6,8,20H,1H3,(H2,18,19)(H,21,22). The fourth-order valence-corrected chi connectivity index (χ4v) is 2.27. The van der Waals surface area contributed by atoms with E-state index >= 15 is 0 Å². The van der Waals surface area contributed by atoms with E-state index in [-0.39, 0.29) is 16.9 Å². The number of pyridine rings is 1. The second-order valence-corrected chi connectivity index (χ2v) is 4.98. The first kappa shape index (κ1) is 13.6. The first-order valence-electron chi connectivity index (χ1n) is 6.63. The minimum atomic E-state index is -0.395. The Morgan fingerprint density at radius 1 is 1.36 bits per heavy atom. The topological polar surface area (TPSA) is 108 Å². The number of nitrogens with one attached hydrogen (secondary N) is 2. The van der Waals surface area contributed by atoms with E-state index in [0.29, 0.717) is 5.69 Å². The number of rotatable bonds is 2. The monoisotopic (exact) mass is 291 g/mol.